The zero-order valence-electron chi connectivity index (χ0n) is 11.6. The first-order valence-corrected chi connectivity index (χ1v) is 8.78. The van der Waals surface area contributed by atoms with Crippen molar-refractivity contribution in [1.29, 1.82) is 0 Å². The summed E-state index contributed by atoms with van der Waals surface area (Å²) in [5.41, 5.74) is 0. The molecule has 1 aromatic carbocycles. The molecule has 0 amide bonds. The maximum Gasteiger partial charge on any atom is 0.0785 e. The maximum absolute atomic E-state index is 12.8. The molecule has 1 atom stereocenters. The van der Waals surface area contributed by atoms with E-state index >= 15 is 0 Å². The SMILES string of the molecule is CN=[S@@](=O)(C/C=C/C1CCCCC1)c1ccccc1. The van der Waals surface area contributed by atoms with E-state index in [-0.39, 0.29) is 0 Å². The molecule has 1 fully saturated rings. The number of hydrogen-bond acceptors (Lipinski definition) is 2. The lowest BCUT2D eigenvalue weighted by molar-refractivity contribution is 0.419. The van der Waals surface area contributed by atoms with E-state index in [2.05, 4.69) is 16.5 Å². The third kappa shape index (κ3) is 3.93. The standard InChI is InChI=1S/C16H23NOS/c1-17-19(18,16-12-6-3-7-13-16)14-8-11-15-9-4-2-5-10-15/h3,6-8,11-13,15H,2,4-5,9-10,14H2,1H3/b11-8+/t19-/m1/s1. The summed E-state index contributed by atoms with van der Waals surface area (Å²) in [5, 5.41) is 0. The summed E-state index contributed by atoms with van der Waals surface area (Å²) in [5.74, 6) is 1.22. The highest BCUT2D eigenvalue weighted by molar-refractivity contribution is 7.93. The molecule has 0 bridgehead atoms. The van der Waals surface area contributed by atoms with Gasteiger partial charge >= 0.3 is 0 Å². The van der Waals surface area contributed by atoms with E-state index in [4.69, 9.17) is 0 Å². The van der Waals surface area contributed by atoms with Crippen molar-refractivity contribution >= 4 is 9.73 Å². The summed E-state index contributed by atoms with van der Waals surface area (Å²) >= 11 is 0. The Bertz CT molecular complexity index is 521. The van der Waals surface area contributed by atoms with Gasteiger partial charge in [0.1, 0.15) is 0 Å². The predicted molar refractivity (Wildman–Crippen MR) is 81.8 cm³/mol. The summed E-state index contributed by atoms with van der Waals surface area (Å²) in [4.78, 5) is 0.839. The highest BCUT2D eigenvalue weighted by Crippen LogP contribution is 2.24. The minimum atomic E-state index is -2.27. The molecule has 19 heavy (non-hydrogen) atoms. The lowest BCUT2D eigenvalue weighted by Gasteiger charge is -2.17. The summed E-state index contributed by atoms with van der Waals surface area (Å²) < 4.78 is 16.9. The number of allylic oxidation sites excluding steroid dienone is 1. The van der Waals surface area contributed by atoms with Crippen molar-refractivity contribution in [3.63, 3.8) is 0 Å². The van der Waals surface area contributed by atoms with Crippen LogP contribution in [-0.4, -0.2) is 17.0 Å². The molecule has 0 aromatic heterocycles. The Morgan fingerprint density at radius 1 is 1.21 bits per heavy atom. The molecule has 104 valence electrons. The van der Waals surface area contributed by atoms with Crippen LogP contribution in [0.4, 0.5) is 0 Å². The zero-order valence-corrected chi connectivity index (χ0v) is 12.4. The van der Waals surface area contributed by atoms with Gasteiger partial charge in [0.25, 0.3) is 0 Å². The van der Waals surface area contributed by atoms with Gasteiger partial charge in [0.2, 0.25) is 0 Å². The van der Waals surface area contributed by atoms with Crippen LogP contribution in [0.2, 0.25) is 0 Å². The summed E-state index contributed by atoms with van der Waals surface area (Å²) in [6.45, 7) is 0. The fourth-order valence-electron chi connectivity index (χ4n) is 2.61. The Labute approximate surface area is 117 Å². The smallest absolute Gasteiger partial charge is 0.0785 e. The molecule has 0 aliphatic heterocycles. The molecule has 1 aliphatic carbocycles. The van der Waals surface area contributed by atoms with Gasteiger partial charge in [-0.2, -0.15) is 0 Å². The van der Waals surface area contributed by atoms with Crippen LogP contribution in [0.15, 0.2) is 51.7 Å². The highest BCUT2D eigenvalue weighted by atomic mass is 32.2. The Morgan fingerprint density at radius 3 is 2.53 bits per heavy atom. The molecule has 3 heteroatoms. The van der Waals surface area contributed by atoms with Gasteiger partial charge in [0.15, 0.2) is 0 Å². The van der Waals surface area contributed by atoms with Crippen LogP contribution in [0, 0.1) is 5.92 Å². The summed E-state index contributed by atoms with van der Waals surface area (Å²) in [6, 6.07) is 9.60. The van der Waals surface area contributed by atoms with Gasteiger partial charge in [-0.25, -0.2) is 8.57 Å². The normalized spacial score (nSPS) is 20.3. The first-order chi connectivity index (χ1) is 9.24. The zero-order chi connectivity index (χ0) is 13.6. The number of hydrogen-bond donors (Lipinski definition) is 0. The molecular formula is C16H23NOS. The number of nitrogens with zero attached hydrogens (tertiary/aromatic N) is 1. The van der Waals surface area contributed by atoms with Gasteiger partial charge in [0.05, 0.1) is 15.5 Å². The first kappa shape index (κ1) is 14.3. The van der Waals surface area contributed by atoms with Crippen LogP contribution in [-0.2, 0) is 9.73 Å². The average Bonchev–Trinajstić information content (AvgIpc) is 2.49. The van der Waals surface area contributed by atoms with Crippen molar-refractivity contribution in [3.05, 3.63) is 42.5 Å². The van der Waals surface area contributed by atoms with E-state index in [1.54, 1.807) is 7.05 Å². The van der Waals surface area contributed by atoms with Gasteiger partial charge in [-0.1, -0.05) is 49.6 Å². The average molecular weight is 277 g/mol. The third-order valence-electron chi connectivity index (χ3n) is 3.79. The van der Waals surface area contributed by atoms with Crippen LogP contribution >= 0.6 is 0 Å². The summed E-state index contributed by atoms with van der Waals surface area (Å²) in [7, 11) is -0.612. The number of rotatable bonds is 4. The molecule has 2 nitrogen and oxygen atoms in total. The molecule has 0 radical (unpaired) electrons. The van der Waals surface area contributed by atoms with Gasteiger partial charge in [-0.3, -0.25) is 0 Å². The lowest BCUT2D eigenvalue weighted by Crippen LogP contribution is -2.06. The van der Waals surface area contributed by atoms with Gasteiger partial charge < -0.3 is 0 Å². The molecule has 0 spiro atoms. The second kappa shape index (κ2) is 6.90. The van der Waals surface area contributed by atoms with Gasteiger partial charge in [0, 0.05) is 11.9 Å². The molecule has 2 rings (SSSR count). The fraction of sp³-hybridized carbons (Fsp3) is 0.500. The minimum absolute atomic E-state index is 0.532. The Hall–Kier alpha value is -1.09. The molecule has 0 unspecified atom stereocenters. The van der Waals surface area contributed by atoms with E-state index < -0.39 is 9.73 Å². The second-order valence-electron chi connectivity index (χ2n) is 5.13. The Morgan fingerprint density at radius 2 is 1.89 bits per heavy atom. The van der Waals surface area contributed by atoms with E-state index in [1.807, 2.05) is 30.3 Å². The monoisotopic (exact) mass is 277 g/mol. The van der Waals surface area contributed by atoms with Crippen LogP contribution in [0.5, 0.6) is 0 Å². The fourth-order valence-corrected chi connectivity index (χ4v) is 4.12. The van der Waals surface area contributed by atoms with Gasteiger partial charge in [-0.05, 0) is 30.9 Å². The van der Waals surface area contributed by atoms with Crippen molar-refractivity contribution < 1.29 is 4.21 Å². The second-order valence-corrected chi connectivity index (χ2v) is 7.58. The van der Waals surface area contributed by atoms with E-state index in [9.17, 15) is 4.21 Å². The Balaban J connectivity index is 2.04. The van der Waals surface area contributed by atoms with Crippen molar-refractivity contribution in [1.82, 2.24) is 0 Å². The quantitative estimate of drug-likeness (QED) is 0.755. The van der Waals surface area contributed by atoms with E-state index in [1.165, 1.54) is 32.1 Å². The van der Waals surface area contributed by atoms with Crippen molar-refractivity contribution in [2.45, 2.75) is 37.0 Å². The topological polar surface area (TPSA) is 29.4 Å². The van der Waals surface area contributed by atoms with Crippen LogP contribution in [0.1, 0.15) is 32.1 Å². The van der Waals surface area contributed by atoms with Crippen molar-refractivity contribution in [2.24, 2.45) is 10.3 Å². The summed E-state index contributed by atoms with van der Waals surface area (Å²) in [6.07, 6.45) is 10.9. The predicted octanol–water partition coefficient (Wildman–Crippen LogP) is 4.28. The lowest BCUT2D eigenvalue weighted by atomic mass is 9.89. The molecule has 1 saturated carbocycles. The number of benzene rings is 1. The van der Waals surface area contributed by atoms with Crippen LogP contribution in [0.3, 0.4) is 0 Å². The van der Waals surface area contributed by atoms with Crippen molar-refractivity contribution in [3.8, 4) is 0 Å². The largest absolute Gasteiger partial charge is 0.244 e. The Kier molecular flexibility index (Phi) is 5.20. The molecule has 0 N–H and O–H groups in total. The highest BCUT2D eigenvalue weighted by Gasteiger charge is 2.12. The van der Waals surface area contributed by atoms with Crippen LogP contribution < -0.4 is 0 Å². The molecule has 0 heterocycles. The minimum Gasteiger partial charge on any atom is -0.244 e. The van der Waals surface area contributed by atoms with Gasteiger partial charge in [-0.15, -0.1) is 0 Å². The molecule has 1 aliphatic rings. The molecule has 1 aromatic rings. The third-order valence-corrected chi connectivity index (χ3v) is 6.03. The molecular weight excluding hydrogens is 254 g/mol. The first-order valence-electron chi connectivity index (χ1n) is 7.09. The molecule has 0 saturated heterocycles. The maximum atomic E-state index is 12.8. The van der Waals surface area contributed by atoms with E-state index in [0.29, 0.717) is 11.7 Å². The van der Waals surface area contributed by atoms with E-state index in [0.717, 1.165) is 4.90 Å². The van der Waals surface area contributed by atoms with Crippen LogP contribution in [0.25, 0.3) is 0 Å². The van der Waals surface area contributed by atoms with Crippen molar-refractivity contribution in [2.75, 3.05) is 12.8 Å².